The first-order valence-electron chi connectivity index (χ1n) is 20.8. The summed E-state index contributed by atoms with van der Waals surface area (Å²) < 4.78 is 56.7. The molecule has 2 amide bonds. The summed E-state index contributed by atoms with van der Waals surface area (Å²) in [4.78, 5) is 54.9. The molecule has 0 bridgehead atoms. The summed E-state index contributed by atoms with van der Waals surface area (Å²) in [6, 6.07) is 20.6. The van der Waals surface area contributed by atoms with E-state index in [0.29, 0.717) is 52.0 Å². The average molecular weight is 867 g/mol. The zero-order valence-corrected chi connectivity index (χ0v) is 36.7. The molecular weight excluding hydrogens is 816 g/mol. The van der Waals surface area contributed by atoms with Crippen molar-refractivity contribution >= 4 is 59.3 Å². The van der Waals surface area contributed by atoms with Gasteiger partial charge in [0.15, 0.2) is 11.6 Å². The summed E-state index contributed by atoms with van der Waals surface area (Å²) in [7, 11) is -3.87. The van der Waals surface area contributed by atoms with Crippen LogP contribution < -0.4 is 14.2 Å². The normalized spacial score (nSPS) is 22.0. The number of nitrogens with one attached hydrogen (secondary N) is 1. The van der Waals surface area contributed by atoms with E-state index in [1.807, 2.05) is 89.2 Å². The summed E-state index contributed by atoms with van der Waals surface area (Å²) >= 11 is 1.36. The number of hydrogen-bond donors (Lipinski definition) is 1. The third-order valence-corrected chi connectivity index (χ3v) is 15.1. The number of benzene rings is 3. The van der Waals surface area contributed by atoms with Crippen LogP contribution in [-0.4, -0.2) is 70.9 Å². The molecule has 61 heavy (non-hydrogen) atoms. The number of Topliss-reactive ketones (excluding diaryl/α,β-unsaturated/α-hetero) is 1. The molecule has 2 aromatic heterocycles. The van der Waals surface area contributed by atoms with E-state index in [0.717, 1.165) is 10.3 Å². The van der Waals surface area contributed by atoms with Gasteiger partial charge in [-0.05, 0) is 98.9 Å². The lowest BCUT2D eigenvalue weighted by atomic mass is 9.76. The molecule has 1 N–H and O–H groups in total. The predicted molar refractivity (Wildman–Crippen MR) is 234 cm³/mol. The van der Waals surface area contributed by atoms with Crippen molar-refractivity contribution in [1.82, 2.24) is 19.6 Å². The molecule has 5 aromatic rings. The molecule has 11 nitrogen and oxygen atoms in total. The minimum absolute atomic E-state index is 0.0186. The Morgan fingerprint density at radius 1 is 1.05 bits per heavy atom. The van der Waals surface area contributed by atoms with E-state index >= 15 is 0 Å². The van der Waals surface area contributed by atoms with Crippen LogP contribution in [0, 0.1) is 28.5 Å². The molecule has 320 valence electrons. The second-order valence-electron chi connectivity index (χ2n) is 18.1. The van der Waals surface area contributed by atoms with Gasteiger partial charge < -0.3 is 14.4 Å². The molecule has 0 spiro atoms. The van der Waals surface area contributed by atoms with E-state index in [1.165, 1.54) is 23.5 Å². The van der Waals surface area contributed by atoms with Crippen molar-refractivity contribution in [3.63, 3.8) is 0 Å². The van der Waals surface area contributed by atoms with Gasteiger partial charge in [0.05, 0.1) is 34.9 Å². The standard InChI is InChI=1S/C47H51FN4O7S2/c1-7-30-24-47(30,45(55)51-61(56,57)34-18-19-34)25-38(53)37-23-33(26-52(37)44(54)36(46(4,5)6)21-28-11-9-8-10-12-28)59-43-41-40(35-22-31(48)15-20-39(35)60-41)49-42(50-43)29-13-16-32(17-14-29)58-27(2)3/h7-17,20,22,27,30,33-34,36-37H,1,18-19,21,23-26H2,2-6H3,(H,51,55)/t30-,33-,36-,37+,47-/m1/s1. The predicted octanol–water partition coefficient (Wildman–Crippen LogP) is 8.45. The Balaban J connectivity index is 1.15. The molecule has 1 saturated heterocycles. The second-order valence-corrected chi connectivity index (χ2v) is 21.1. The first-order valence-corrected chi connectivity index (χ1v) is 23.2. The van der Waals surface area contributed by atoms with Gasteiger partial charge in [0.25, 0.3) is 0 Å². The molecule has 3 aliphatic rings. The smallest absolute Gasteiger partial charge is 0.240 e. The summed E-state index contributed by atoms with van der Waals surface area (Å²) in [6.07, 6.45) is 2.37. The number of ketones is 1. The molecular formula is C47H51FN4O7S2. The quantitative estimate of drug-likeness (QED) is 0.103. The summed E-state index contributed by atoms with van der Waals surface area (Å²) in [5.41, 5.74) is 0.369. The molecule has 1 aliphatic heterocycles. The number of ether oxygens (including phenoxy) is 2. The molecule has 0 radical (unpaired) electrons. The maximum Gasteiger partial charge on any atom is 0.240 e. The summed E-state index contributed by atoms with van der Waals surface area (Å²) in [5.74, 6) is -1.36. The van der Waals surface area contributed by atoms with Crippen molar-refractivity contribution in [2.75, 3.05) is 6.54 Å². The Hall–Kier alpha value is -5.21. The molecule has 5 atom stereocenters. The van der Waals surface area contributed by atoms with Crippen molar-refractivity contribution in [2.45, 2.75) is 96.6 Å². The summed E-state index contributed by atoms with van der Waals surface area (Å²) in [6.45, 7) is 13.8. The number of thiophene rings is 1. The second kappa shape index (κ2) is 16.2. The minimum Gasteiger partial charge on any atom is -0.491 e. The zero-order valence-electron chi connectivity index (χ0n) is 35.0. The van der Waals surface area contributed by atoms with Crippen LogP contribution in [0.5, 0.6) is 11.6 Å². The van der Waals surface area contributed by atoms with Crippen molar-refractivity contribution in [2.24, 2.45) is 22.7 Å². The third-order valence-electron chi connectivity index (χ3n) is 12.1. The molecule has 2 aliphatic carbocycles. The van der Waals surface area contributed by atoms with Gasteiger partial charge in [-0.25, -0.2) is 17.8 Å². The van der Waals surface area contributed by atoms with E-state index in [9.17, 15) is 27.2 Å². The fraction of sp³-hybridized carbons (Fsp3) is 0.426. The van der Waals surface area contributed by atoms with Gasteiger partial charge in [0.2, 0.25) is 27.7 Å². The van der Waals surface area contributed by atoms with Crippen LogP contribution >= 0.6 is 11.3 Å². The molecule has 3 aromatic carbocycles. The molecule has 0 unspecified atom stereocenters. The van der Waals surface area contributed by atoms with Gasteiger partial charge in [-0.2, -0.15) is 4.98 Å². The lowest BCUT2D eigenvalue weighted by Gasteiger charge is -2.35. The van der Waals surface area contributed by atoms with Gasteiger partial charge in [-0.15, -0.1) is 17.9 Å². The monoisotopic (exact) mass is 866 g/mol. The number of carbonyl (C=O) groups is 3. The maximum absolute atomic E-state index is 15.0. The number of nitrogens with zero attached hydrogens (tertiary/aromatic N) is 3. The Morgan fingerprint density at radius 2 is 1.77 bits per heavy atom. The first kappa shape index (κ1) is 42.5. The summed E-state index contributed by atoms with van der Waals surface area (Å²) in [5, 5.41) is -0.0103. The highest BCUT2D eigenvalue weighted by Gasteiger charge is 2.61. The first-order chi connectivity index (χ1) is 29.0. The highest BCUT2D eigenvalue weighted by molar-refractivity contribution is 7.90. The molecule has 3 fully saturated rings. The number of halogens is 1. The molecule has 14 heteroatoms. The molecule has 3 heterocycles. The number of hydrogen-bond acceptors (Lipinski definition) is 10. The van der Waals surface area contributed by atoms with Crippen LogP contribution in [0.25, 0.3) is 31.7 Å². The van der Waals surface area contributed by atoms with Crippen LogP contribution in [0.3, 0.4) is 0 Å². The number of sulfonamides is 1. The Morgan fingerprint density at radius 3 is 2.41 bits per heavy atom. The largest absolute Gasteiger partial charge is 0.491 e. The van der Waals surface area contributed by atoms with Gasteiger partial charge >= 0.3 is 0 Å². The number of rotatable bonds is 15. The van der Waals surface area contributed by atoms with Gasteiger partial charge in [0, 0.05) is 34.4 Å². The molecule has 2 saturated carbocycles. The maximum atomic E-state index is 15.0. The lowest BCUT2D eigenvalue weighted by molar-refractivity contribution is -0.144. The average Bonchev–Trinajstić information content (AvgIpc) is 4.12. The van der Waals surface area contributed by atoms with Crippen LogP contribution in [0.4, 0.5) is 4.39 Å². The van der Waals surface area contributed by atoms with E-state index in [1.54, 1.807) is 17.0 Å². The Labute approximate surface area is 359 Å². The Kier molecular flexibility index (Phi) is 11.3. The van der Waals surface area contributed by atoms with Gasteiger partial charge in [0.1, 0.15) is 22.4 Å². The van der Waals surface area contributed by atoms with E-state index < -0.39 is 61.8 Å². The highest BCUT2D eigenvalue weighted by Crippen LogP contribution is 2.57. The van der Waals surface area contributed by atoms with E-state index in [4.69, 9.17) is 19.4 Å². The van der Waals surface area contributed by atoms with Gasteiger partial charge in [-0.1, -0.05) is 57.2 Å². The fourth-order valence-corrected chi connectivity index (χ4v) is 10.9. The number of allylic oxidation sites excluding steroid dienone is 1. The van der Waals surface area contributed by atoms with Crippen molar-refractivity contribution < 1.29 is 36.7 Å². The van der Waals surface area contributed by atoms with Crippen molar-refractivity contribution in [1.29, 1.82) is 0 Å². The topological polar surface area (TPSA) is 145 Å². The SMILES string of the molecule is C=C[C@@H]1C[C@]1(CC(=O)[C@@H]1C[C@@H](Oc2nc(-c3ccc(OC(C)C)cc3)nc3c2sc2ccc(F)cc23)CN1C(=O)[C@@H](Cc1ccccc1)C(C)(C)C)C(=O)NS(=O)(=O)C1CC1. The van der Waals surface area contributed by atoms with Crippen molar-refractivity contribution in [3.05, 3.63) is 96.8 Å². The number of fused-ring (bicyclic) bond motifs is 3. The zero-order chi connectivity index (χ0) is 43.4. The van der Waals surface area contributed by atoms with Crippen molar-refractivity contribution in [3.8, 4) is 23.0 Å². The van der Waals surface area contributed by atoms with Crippen LogP contribution in [0.1, 0.15) is 72.3 Å². The number of carbonyl (C=O) groups excluding carboxylic acids is 3. The van der Waals surface area contributed by atoms with Gasteiger partial charge in [-0.3, -0.25) is 19.1 Å². The highest BCUT2D eigenvalue weighted by atomic mass is 32.2. The number of amides is 2. The van der Waals surface area contributed by atoms with E-state index in [2.05, 4.69) is 11.3 Å². The Bertz CT molecular complexity index is 2620. The lowest BCUT2D eigenvalue weighted by Crippen LogP contribution is -2.48. The molecule has 8 rings (SSSR count). The fourth-order valence-electron chi connectivity index (χ4n) is 8.47. The number of likely N-dealkylation sites (tertiary alicyclic amines) is 1. The van der Waals surface area contributed by atoms with Crippen LogP contribution in [0.15, 0.2) is 85.5 Å². The van der Waals surface area contributed by atoms with E-state index in [-0.39, 0.29) is 49.5 Å². The number of aromatic nitrogens is 2. The van der Waals surface area contributed by atoms with Crippen LogP contribution in [0.2, 0.25) is 0 Å². The minimum atomic E-state index is -3.87. The van der Waals surface area contributed by atoms with Crippen LogP contribution in [-0.2, 0) is 30.8 Å². The third kappa shape index (κ3) is 8.79.